The molecule has 0 bridgehead atoms. The summed E-state index contributed by atoms with van der Waals surface area (Å²) in [6.45, 7) is 19.2. The number of hydrogen-bond acceptors (Lipinski definition) is 6. The lowest BCUT2D eigenvalue weighted by atomic mass is 10.1. The van der Waals surface area contributed by atoms with Gasteiger partial charge >= 0.3 is 0 Å². The summed E-state index contributed by atoms with van der Waals surface area (Å²) in [5.74, 6) is 4.65. The molecule has 0 amide bonds. The summed E-state index contributed by atoms with van der Waals surface area (Å²) in [6.07, 6.45) is 56.8. The largest absolute Gasteiger partial charge is 0.490 e. The van der Waals surface area contributed by atoms with Crippen molar-refractivity contribution in [3.05, 3.63) is 61.7 Å². The van der Waals surface area contributed by atoms with E-state index in [1.165, 1.54) is 193 Å². The minimum Gasteiger partial charge on any atom is -0.490 e. The van der Waals surface area contributed by atoms with Crippen LogP contribution in [0.25, 0.3) is 11.4 Å². The van der Waals surface area contributed by atoms with Crippen LogP contribution in [0, 0.1) is 0 Å². The number of aryl methyl sites for hydroxylation is 2. The van der Waals surface area contributed by atoms with Crippen LogP contribution in [0.5, 0.6) is 34.5 Å². The van der Waals surface area contributed by atoms with Crippen molar-refractivity contribution in [1.29, 1.82) is 0 Å². The van der Waals surface area contributed by atoms with Crippen molar-refractivity contribution < 1.29 is 37.6 Å². The van der Waals surface area contributed by atoms with Crippen molar-refractivity contribution in [3.8, 4) is 45.9 Å². The summed E-state index contributed by atoms with van der Waals surface area (Å²) >= 11 is 0. The molecule has 4 aromatic rings. The maximum absolute atomic E-state index is 6.83. The highest BCUT2D eigenvalue weighted by Crippen LogP contribution is 2.44. The monoisotopic (exact) mass is 1080 g/mol. The topological polar surface area (TPSA) is 73.0 Å². The standard InChI is InChI=1S/C68H116N4O6/c1-7-13-19-25-31-37-53-73-63-45-43-61(65(75-55-39-33-27-21-15-9-3)67(63)77-57-41-35-29-23-17-11-5)71-51-49-69(59-71)47-48-70-50-52-72(60-70)62-44-46-64(74-54-38-32-26-20-14-8-2)68(78-58-42-36-30-24-18-12-6)66(62)76-56-40-34-28-22-16-10-4/h43-46,49-52,59-60H,7-42,47-48,53-58H2,1-6H3/q+2. The molecule has 0 aliphatic rings. The summed E-state index contributed by atoms with van der Waals surface area (Å²) in [5, 5.41) is 0. The Bertz CT molecular complexity index is 1900. The summed E-state index contributed by atoms with van der Waals surface area (Å²) in [5.41, 5.74) is 1.96. The Morgan fingerprint density at radius 1 is 0.282 bits per heavy atom. The predicted molar refractivity (Wildman–Crippen MR) is 325 cm³/mol. The maximum Gasteiger partial charge on any atom is 0.249 e. The molecular weight excluding hydrogens is 969 g/mol. The number of rotatable bonds is 53. The molecule has 0 atom stereocenters. The Balaban J connectivity index is 1.58. The van der Waals surface area contributed by atoms with Crippen LogP contribution in [0.2, 0.25) is 0 Å². The maximum atomic E-state index is 6.83. The van der Waals surface area contributed by atoms with Gasteiger partial charge in [0, 0.05) is 0 Å². The van der Waals surface area contributed by atoms with Gasteiger partial charge in [0.1, 0.15) is 37.9 Å². The number of benzene rings is 2. The zero-order valence-electron chi connectivity index (χ0n) is 51.1. The number of hydrogen-bond donors (Lipinski definition) is 0. The SMILES string of the molecule is CCCCCCCCOc1ccc(-n2cc[n+](CC[n+]3ccn(-c4ccc(OCCCCCCCC)c(OCCCCCCCC)c4OCCCCCCCC)c3)c2)c(OCCCCCCCC)c1OCCCCCCCC. The Hall–Kier alpha value is -4.34. The summed E-state index contributed by atoms with van der Waals surface area (Å²) < 4.78 is 49.2. The normalized spacial score (nSPS) is 11.4. The molecule has 4 rings (SSSR count). The smallest absolute Gasteiger partial charge is 0.249 e. The Morgan fingerprint density at radius 2 is 0.526 bits per heavy atom. The lowest BCUT2D eigenvalue weighted by Crippen LogP contribution is -2.42. The van der Waals surface area contributed by atoms with Gasteiger partial charge in [-0.2, -0.15) is 9.13 Å². The fourth-order valence-electron chi connectivity index (χ4n) is 10.2. The second-order valence-electron chi connectivity index (χ2n) is 22.3. The van der Waals surface area contributed by atoms with E-state index in [1.807, 2.05) is 0 Å². The van der Waals surface area contributed by atoms with E-state index in [2.05, 4.69) is 122 Å². The highest BCUT2D eigenvalue weighted by Gasteiger charge is 2.25. The van der Waals surface area contributed by atoms with Crippen molar-refractivity contribution in [1.82, 2.24) is 9.13 Å². The van der Waals surface area contributed by atoms with E-state index in [0.717, 1.165) is 97.5 Å². The average molecular weight is 1090 g/mol. The van der Waals surface area contributed by atoms with Crippen LogP contribution in [-0.2, 0) is 13.1 Å². The van der Waals surface area contributed by atoms with Crippen molar-refractivity contribution in [2.24, 2.45) is 0 Å². The second kappa shape index (κ2) is 44.4. The van der Waals surface area contributed by atoms with E-state index in [0.29, 0.717) is 39.6 Å². The third-order valence-corrected chi connectivity index (χ3v) is 15.2. The molecule has 78 heavy (non-hydrogen) atoms. The van der Waals surface area contributed by atoms with Gasteiger partial charge < -0.3 is 28.4 Å². The first-order valence-electron chi connectivity index (χ1n) is 32.8. The molecule has 442 valence electrons. The van der Waals surface area contributed by atoms with Gasteiger partial charge in [0.2, 0.25) is 35.7 Å². The van der Waals surface area contributed by atoms with E-state index in [9.17, 15) is 0 Å². The van der Waals surface area contributed by atoms with E-state index in [-0.39, 0.29) is 0 Å². The van der Waals surface area contributed by atoms with E-state index >= 15 is 0 Å². The first kappa shape index (κ1) is 66.2. The van der Waals surface area contributed by atoms with E-state index in [1.54, 1.807) is 0 Å². The molecule has 2 heterocycles. The van der Waals surface area contributed by atoms with Crippen molar-refractivity contribution in [2.45, 2.75) is 286 Å². The van der Waals surface area contributed by atoms with Crippen LogP contribution in [-0.4, -0.2) is 48.8 Å². The molecule has 10 heteroatoms. The van der Waals surface area contributed by atoms with Crippen LogP contribution in [0.3, 0.4) is 0 Å². The number of nitrogens with zero attached hydrogens (tertiary/aromatic N) is 4. The fourth-order valence-corrected chi connectivity index (χ4v) is 10.2. The van der Waals surface area contributed by atoms with Gasteiger partial charge in [-0.3, -0.25) is 0 Å². The highest BCUT2D eigenvalue weighted by atomic mass is 16.5. The zero-order chi connectivity index (χ0) is 55.4. The molecule has 0 saturated heterocycles. The lowest BCUT2D eigenvalue weighted by Gasteiger charge is -2.19. The summed E-state index contributed by atoms with van der Waals surface area (Å²) in [4.78, 5) is 0. The molecule has 0 aliphatic carbocycles. The fraction of sp³-hybridized carbons (Fsp3) is 0.735. The third kappa shape index (κ3) is 27.2. The molecule has 0 N–H and O–H groups in total. The molecule has 10 nitrogen and oxygen atoms in total. The van der Waals surface area contributed by atoms with E-state index in [4.69, 9.17) is 28.4 Å². The number of unbranched alkanes of at least 4 members (excludes halogenated alkanes) is 30. The van der Waals surface area contributed by atoms with Gasteiger partial charge in [-0.1, -0.05) is 234 Å². The van der Waals surface area contributed by atoms with Crippen LogP contribution < -0.4 is 37.6 Å². The number of aromatic nitrogens is 4. The Morgan fingerprint density at radius 3 is 0.808 bits per heavy atom. The van der Waals surface area contributed by atoms with Crippen LogP contribution >= 0.6 is 0 Å². The van der Waals surface area contributed by atoms with Gasteiger partial charge in [-0.05, 0) is 62.8 Å². The molecular formula is C68H116N4O6+2. The lowest BCUT2D eigenvalue weighted by molar-refractivity contribution is -0.777. The van der Waals surface area contributed by atoms with Crippen LogP contribution in [0.15, 0.2) is 61.7 Å². The van der Waals surface area contributed by atoms with Gasteiger partial charge in [0.15, 0.2) is 22.9 Å². The van der Waals surface area contributed by atoms with Gasteiger partial charge in [0.25, 0.3) is 0 Å². The molecule has 0 saturated carbocycles. The van der Waals surface area contributed by atoms with Crippen LogP contribution in [0.1, 0.15) is 273 Å². The molecule has 2 aromatic heterocycles. The van der Waals surface area contributed by atoms with E-state index < -0.39 is 0 Å². The molecule has 2 aromatic carbocycles. The quantitative estimate of drug-likeness (QED) is 0.0324. The predicted octanol–water partition coefficient (Wildman–Crippen LogP) is 19.0. The molecule has 0 fully saturated rings. The first-order chi connectivity index (χ1) is 38.6. The highest BCUT2D eigenvalue weighted by molar-refractivity contribution is 5.63. The van der Waals surface area contributed by atoms with Crippen molar-refractivity contribution in [3.63, 3.8) is 0 Å². The molecule has 0 spiro atoms. The Kier molecular flexibility index (Phi) is 37.7. The summed E-state index contributed by atoms with van der Waals surface area (Å²) in [7, 11) is 0. The minimum atomic E-state index is 0.649. The van der Waals surface area contributed by atoms with Gasteiger partial charge in [0.05, 0.1) is 39.6 Å². The average Bonchev–Trinajstić information content (AvgIpc) is 4.19. The second-order valence-corrected chi connectivity index (χ2v) is 22.3. The Labute approximate surface area is 477 Å². The number of ether oxygens (including phenoxy) is 6. The molecule has 0 unspecified atom stereocenters. The van der Waals surface area contributed by atoms with Gasteiger partial charge in [-0.15, -0.1) is 0 Å². The third-order valence-electron chi connectivity index (χ3n) is 15.2. The summed E-state index contributed by atoms with van der Waals surface area (Å²) in [6, 6.07) is 8.53. The molecule has 0 aliphatic heterocycles. The first-order valence-corrected chi connectivity index (χ1v) is 32.8. The van der Waals surface area contributed by atoms with Crippen molar-refractivity contribution >= 4 is 0 Å². The molecule has 0 radical (unpaired) electrons. The number of imidazole rings is 2. The zero-order valence-corrected chi connectivity index (χ0v) is 51.1. The van der Waals surface area contributed by atoms with Crippen molar-refractivity contribution in [2.75, 3.05) is 39.6 Å². The van der Waals surface area contributed by atoms with Gasteiger partial charge in [-0.25, -0.2) is 9.13 Å². The minimum absolute atomic E-state index is 0.649. The van der Waals surface area contributed by atoms with Crippen LogP contribution in [0.4, 0.5) is 0 Å².